The van der Waals surface area contributed by atoms with E-state index in [1.54, 1.807) is 0 Å². The first-order chi connectivity index (χ1) is 10.5. The van der Waals surface area contributed by atoms with Crippen LogP contribution in [0.3, 0.4) is 0 Å². The van der Waals surface area contributed by atoms with Crippen molar-refractivity contribution >= 4 is 6.09 Å². The number of rotatable bonds is 5. The number of methoxy groups -OCH3 is 1. The minimum Gasteiger partial charge on any atom is -0.445 e. The third-order valence-electron chi connectivity index (χ3n) is 3.52. The fraction of sp³-hybridized carbons (Fsp3) is 0.533. The van der Waals surface area contributed by atoms with Gasteiger partial charge in [-0.25, -0.2) is 4.79 Å². The van der Waals surface area contributed by atoms with Crippen molar-refractivity contribution in [1.82, 2.24) is 4.90 Å². The zero-order valence-corrected chi connectivity index (χ0v) is 12.6. The molecule has 1 aromatic rings. The van der Waals surface area contributed by atoms with E-state index in [1.807, 2.05) is 30.3 Å². The number of aliphatic hydroxyl groups is 2. The van der Waals surface area contributed by atoms with Gasteiger partial charge in [0.25, 0.3) is 0 Å². The summed E-state index contributed by atoms with van der Waals surface area (Å²) in [5.74, 6) is 0. The SMILES string of the molecule is COC1OC(CN(C)C(=O)OCc2ccccc2)[C@H](O)[C@@H]1O. The monoisotopic (exact) mass is 311 g/mol. The summed E-state index contributed by atoms with van der Waals surface area (Å²) in [6.07, 6.45) is -4.41. The molecule has 1 aliphatic rings. The van der Waals surface area contributed by atoms with E-state index < -0.39 is 30.7 Å². The number of nitrogens with zero attached hydrogens (tertiary/aromatic N) is 1. The number of hydrogen-bond donors (Lipinski definition) is 2. The molecule has 0 aliphatic carbocycles. The number of ether oxygens (including phenoxy) is 3. The van der Waals surface area contributed by atoms with E-state index in [0.717, 1.165) is 5.56 Å². The molecule has 1 saturated heterocycles. The lowest BCUT2D eigenvalue weighted by Crippen LogP contribution is -2.41. The van der Waals surface area contributed by atoms with Crippen LogP contribution in [0.25, 0.3) is 0 Å². The van der Waals surface area contributed by atoms with Crippen LogP contribution >= 0.6 is 0 Å². The Hall–Kier alpha value is -1.67. The Morgan fingerprint density at radius 3 is 2.55 bits per heavy atom. The zero-order chi connectivity index (χ0) is 16.1. The smallest absolute Gasteiger partial charge is 0.409 e. The molecular formula is C15H21NO6. The molecule has 22 heavy (non-hydrogen) atoms. The fourth-order valence-electron chi connectivity index (χ4n) is 2.23. The van der Waals surface area contributed by atoms with E-state index >= 15 is 0 Å². The van der Waals surface area contributed by atoms with E-state index in [1.165, 1.54) is 19.1 Å². The van der Waals surface area contributed by atoms with E-state index in [2.05, 4.69) is 0 Å². The van der Waals surface area contributed by atoms with E-state index in [-0.39, 0.29) is 13.2 Å². The van der Waals surface area contributed by atoms with Gasteiger partial charge in [-0.05, 0) is 5.56 Å². The molecule has 7 heteroatoms. The van der Waals surface area contributed by atoms with Crippen molar-refractivity contribution in [1.29, 1.82) is 0 Å². The second-order valence-electron chi connectivity index (χ2n) is 5.18. The quantitative estimate of drug-likeness (QED) is 0.816. The van der Waals surface area contributed by atoms with Crippen molar-refractivity contribution in [3.63, 3.8) is 0 Å². The summed E-state index contributed by atoms with van der Waals surface area (Å²) in [4.78, 5) is 13.2. The second kappa shape index (κ2) is 7.55. The Morgan fingerprint density at radius 1 is 1.27 bits per heavy atom. The summed E-state index contributed by atoms with van der Waals surface area (Å²) >= 11 is 0. The van der Waals surface area contributed by atoms with Gasteiger partial charge in [-0.1, -0.05) is 30.3 Å². The van der Waals surface area contributed by atoms with Crippen LogP contribution in [-0.2, 0) is 20.8 Å². The molecule has 0 aromatic heterocycles. The minimum atomic E-state index is -1.14. The third-order valence-corrected chi connectivity index (χ3v) is 3.52. The Bertz CT molecular complexity index is 482. The van der Waals surface area contributed by atoms with Gasteiger partial charge in [-0.2, -0.15) is 0 Å². The summed E-state index contributed by atoms with van der Waals surface area (Å²) < 4.78 is 15.4. The van der Waals surface area contributed by atoms with Crippen LogP contribution in [0.4, 0.5) is 4.79 Å². The van der Waals surface area contributed by atoms with Gasteiger partial charge < -0.3 is 29.3 Å². The molecule has 2 rings (SSSR count). The predicted molar refractivity (Wildman–Crippen MR) is 76.9 cm³/mol. The largest absolute Gasteiger partial charge is 0.445 e. The van der Waals surface area contributed by atoms with Gasteiger partial charge in [-0.3, -0.25) is 0 Å². The molecule has 1 aromatic carbocycles. The number of likely N-dealkylation sites (N-methyl/N-ethyl adjacent to an activating group) is 1. The highest BCUT2D eigenvalue weighted by Crippen LogP contribution is 2.22. The van der Waals surface area contributed by atoms with E-state index in [4.69, 9.17) is 14.2 Å². The third kappa shape index (κ3) is 3.95. The molecule has 1 aliphatic heterocycles. The van der Waals surface area contributed by atoms with Gasteiger partial charge in [0.2, 0.25) is 0 Å². The summed E-state index contributed by atoms with van der Waals surface area (Å²) in [6, 6.07) is 9.32. The topological polar surface area (TPSA) is 88.5 Å². The number of carbonyl (C=O) groups is 1. The first-order valence-corrected chi connectivity index (χ1v) is 6.99. The van der Waals surface area contributed by atoms with Crippen LogP contribution < -0.4 is 0 Å². The predicted octanol–water partition coefficient (Wildman–Crippen LogP) is 0.348. The molecule has 0 saturated carbocycles. The highest BCUT2D eigenvalue weighted by molar-refractivity contribution is 5.67. The Balaban J connectivity index is 1.81. The summed E-state index contributed by atoms with van der Waals surface area (Å²) in [5, 5.41) is 19.6. The van der Waals surface area contributed by atoms with Gasteiger partial charge in [0.05, 0.1) is 6.54 Å². The lowest BCUT2D eigenvalue weighted by molar-refractivity contribution is -0.149. The van der Waals surface area contributed by atoms with Crippen LogP contribution in [0, 0.1) is 0 Å². The molecule has 1 heterocycles. The van der Waals surface area contributed by atoms with Crippen LogP contribution in [0.15, 0.2) is 30.3 Å². The zero-order valence-electron chi connectivity index (χ0n) is 12.6. The number of aliphatic hydroxyl groups excluding tert-OH is 2. The van der Waals surface area contributed by atoms with Gasteiger partial charge in [0.1, 0.15) is 24.9 Å². The van der Waals surface area contributed by atoms with Crippen LogP contribution in [0.1, 0.15) is 5.56 Å². The lowest BCUT2D eigenvalue weighted by Gasteiger charge is -2.22. The molecule has 1 fully saturated rings. The van der Waals surface area contributed by atoms with Crippen molar-refractivity contribution in [3.05, 3.63) is 35.9 Å². The van der Waals surface area contributed by atoms with Crippen molar-refractivity contribution in [3.8, 4) is 0 Å². The molecule has 0 radical (unpaired) electrons. The van der Waals surface area contributed by atoms with Gasteiger partial charge in [0, 0.05) is 14.2 Å². The maximum absolute atomic E-state index is 11.9. The van der Waals surface area contributed by atoms with E-state index in [0.29, 0.717) is 0 Å². The first kappa shape index (κ1) is 16.7. The highest BCUT2D eigenvalue weighted by Gasteiger charge is 2.43. The number of amides is 1. The number of hydrogen-bond acceptors (Lipinski definition) is 6. The maximum atomic E-state index is 11.9. The molecule has 0 bridgehead atoms. The first-order valence-electron chi connectivity index (χ1n) is 6.99. The molecule has 2 unspecified atom stereocenters. The Kier molecular flexibility index (Phi) is 5.73. The molecule has 0 spiro atoms. The normalized spacial score (nSPS) is 27.6. The van der Waals surface area contributed by atoms with E-state index in [9.17, 15) is 15.0 Å². The van der Waals surface area contributed by atoms with Crippen LogP contribution in [-0.4, -0.2) is 66.5 Å². The lowest BCUT2D eigenvalue weighted by atomic mass is 10.1. The molecule has 122 valence electrons. The molecular weight excluding hydrogens is 290 g/mol. The van der Waals surface area contributed by atoms with Crippen molar-refractivity contribution in [2.45, 2.75) is 31.2 Å². The average molecular weight is 311 g/mol. The van der Waals surface area contributed by atoms with Crippen molar-refractivity contribution in [2.75, 3.05) is 20.7 Å². The fourth-order valence-corrected chi connectivity index (χ4v) is 2.23. The number of carbonyl (C=O) groups excluding carboxylic acids is 1. The molecule has 7 nitrogen and oxygen atoms in total. The molecule has 1 amide bonds. The molecule has 4 atom stereocenters. The summed E-state index contributed by atoms with van der Waals surface area (Å²) in [5.41, 5.74) is 0.885. The summed E-state index contributed by atoms with van der Waals surface area (Å²) in [6.45, 7) is 0.257. The maximum Gasteiger partial charge on any atom is 0.409 e. The van der Waals surface area contributed by atoms with Gasteiger partial charge in [-0.15, -0.1) is 0 Å². The number of benzene rings is 1. The Morgan fingerprint density at radius 2 is 1.95 bits per heavy atom. The van der Waals surface area contributed by atoms with Crippen molar-refractivity contribution < 1.29 is 29.2 Å². The van der Waals surface area contributed by atoms with Crippen LogP contribution in [0.5, 0.6) is 0 Å². The Labute approximate surface area is 129 Å². The summed E-state index contributed by atoms with van der Waals surface area (Å²) in [7, 11) is 2.91. The minimum absolute atomic E-state index is 0.0890. The average Bonchev–Trinajstić information content (AvgIpc) is 2.81. The van der Waals surface area contributed by atoms with Gasteiger partial charge >= 0.3 is 6.09 Å². The van der Waals surface area contributed by atoms with Crippen molar-refractivity contribution in [2.24, 2.45) is 0 Å². The highest BCUT2D eigenvalue weighted by atomic mass is 16.7. The standard InChI is InChI=1S/C15H21NO6/c1-16(8-11-12(17)13(18)14(20-2)22-11)15(19)21-9-10-6-4-3-5-7-10/h3-7,11-14,17-18H,8-9H2,1-2H3/t11?,12-,13-,14?/m0/s1. The van der Waals surface area contributed by atoms with Crippen LogP contribution in [0.2, 0.25) is 0 Å². The molecule has 2 N–H and O–H groups in total. The van der Waals surface area contributed by atoms with Gasteiger partial charge in [0.15, 0.2) is 6.29 Å². The second-order valence-corrected chi connectivity index (χ2v) is 5.18.